The molecule has 3 aromatic rings. The number of halogens is 6. The zero-order chi connectivity index (χ0) is 24.8. The van der Waals surface area contributed by atoms with Gasteiger partial charge in [-0.25, -0.2) is 8.78 Å². The van der Waals surface area contributed by atoms with Gasteiger partial charge < -0.3 is 10.6 Å². The molecule has 4 rings (SSSR count). The van der Waals surface area contributed by atoms with Gasteiger partial charge >= 0.3 is 0 Å². The maximum absolute atomic E-state index is 14.3. The van der Waals surface area contributed by atoms with E-state index in [2.05, 4.69) is 10.6 Å². The van der Waals surface area contributed by atoms with Crippen LogP contribution in [0.1, 0.15) is 27.4 Å². The first-order valence-corrected chi connectivity index (χ1v) is 11.5. The minimum Gasteiger partial charge on any atom is -0.326 e. The van der Waals surface area contributed by atoms with Crippen LogP contribution in [0.15, 0.2) is 54.6 Å². The number of carbonyl (C=O) groups excluding carboxylic acids is 2. The van der Waals surface area contributed by atoms with Gasteiger partial charge in [0, 0.05) is 17.3 Å². The number of amides is 2. The predicted octanol–water partition coefficient (Wildman–Crippen LogP) is 7.36. The normalized spacial score (nSPS) is 18.3. The van der Waals surface area contributed by atoms with Crippen LogP contribution in [0.4, 0.5) is 20.2 Å². The third kappa shape index (κ3) is 4.86. The van der Waals surface area contributed by atoms with E-state index in [-0.39, 0.29) is 16.9 Å². The Kier molecular flexibility index (Phi) is 6.80. The Morgan fingerprint density at radius 1 is 0.912 bits per heavy atom. The van der Waals surface area contributed by atoms with Gasteiger partial charge in [0.25, 0.3) is 5.91 Å². The Labute approximate surface area is 214 Å². The van der Waals surface area contributed by atoms with E-state index >= 15 is 0 Å². The average molecular weight is 544 g/mol. The molecule has 3 aromatic carbocycles. The lowest BCUT2D eigenvalue weighted by molar-refractivity contribution is -0.117. The van der Waals surface area contributed by atoms with Crippen molar-refractivity contribution >= 4 is 69.6 Å². The second kappa shape index (κ2) is 9.34. The van der Waals surface area contributed by atoms with Gasteiger partial charge in [0.1, 0.15) is 16.0 Å². The summed E-state index contributed by atoms with van der Waals surface area (Å²) in [7, 11) is 0. The molecule has 2 amide bonds. The van der Waals surface area contributed by atoms with E-state index in [1.807, 2.05) is 0 Å². The van der Waals surface area contributed by atoms with Gasteiger partial charge in [-0.1, -0.05) is 29.3 Å². The van der Waals surface area contributed by atoms with E-state index in [0.717, 1.165) is 23.8 Å². The van der Waals surface area contributed by atoms with Crippen LogP contribution in [0, 0.1) is 24.5 Å². The number of carbonyl (C=O) groups is 2. The first-order valence-electron chi connectivity index (χ1n) is 9.99. The number of aryl methyl sites for hydroxylation is 1. The van der Waals surface area contributed by atoms with Crippen LogP contribution >= 0.6 is 46.4 Å². The summed E-state index contributed by atoms with van der Waals surface area (Å²) in [6.07, 6.45) is 0. The van der Waals surface area contributed by atoms with Gasteiger partial charge in [0.05, 0.1) is 21.5 Å². The number of rotatable bonds is 5. The minimum atomic E-state index is -1.38. The first-order chi connectivity index (χ1) is 16.0. The third-order valence-electron chi connectivity index (χ3n) is 5.51. The molecule has 0 spiro atoms. The molecular weight excluding hydrogens is 528 g/mol. The molecular formula is C24H16Cl4F2N2O2. The fraction of sp³-hybridized carbons (Fsp3) is 0.167. The topological polar surface area (TPSA) is 58.2 Å². The quantitative estimate of drug-likeness (QED) is 0.330. The highest BCUT2D eigenvalue weighted by atomic mass is 35.5. The summed E-state index contributed by atoms with van der Waals surface area (Å²) < 4.78 is 26.0. The Balaban J connectivity index is 1.51. The van der Waals surface area contributed by atoms with E-state index in [1.165, 1.54) is 24.3 Å². The monoisotopic (exact) mass is 542 g/mol. The molecule has 2 unspecified atom stereocenters. The van der Waals surface area contributed by atoms with Crippen molar-refractivity contribution in [3.8, 4) is 0 Å². The Morgan fingerprint density at radius 3 is 2.21 bits per heavy atom. The Bertz CT molecular complexity index is 1280. The lowest BCUT2D eigenvalue weighted by Crippen LogP contribution is -2.18. The molecule has 1 saturated carbocycles. The van der Waals surface area contributed by atoms with Crippen molar-refractivity contribution in [2.24, 2.45) is 5.92 Å². The number of benzene rings is 3. The van der Waals surface area contributed by atoms with Gasteiger partial charge in [-0.05, 0) is 66.6 Å². The summed E-state index contributed by atoms with van der Waals surface area (Å²) >= 11 is 25.1. The number of alkyl halides is 2. The highest BCUT2D eigenvalue weighted by Crippen LogP contribution is 2.65. The summed E-state index contributed by atoms with van der Waals surface area (Å²) in [5.41, 5.74) is 1.53. The molecule has 0 radical (unpaired) electrons. The molecule has 1 aliphatic rings. The van der Waals surface area contributed by atoms with E-state index in [0.29, 0.717) is 15.6 Å². The molecule has 176 valence electrons. The van der Waals surface area contributed by atoms with Crippen LogP contribution in [0.3, 0.4) is 0 Å². The molecule has 10 heteroatoms. The van der Waals surface area contributed by atoms with Crippen LogP contribution in [0.5, 0.6) is 0 Å². The largest absolute Gasteiger partial charge is 0.326 e. The molecule has 0 bridgehead atoms. The summed E-state index contributed by atoms with van der Waals surface area (Å²) in [4.78, 5) is 25.4. The molecule has 4 nitrogen and oxygen atoms in total. The number of anilines is 2. The molecule has 0 aromatic heterocycles. The zero-order valence-corrected chi connectivity index (χ0v) is 20.5. The van der Waals surface area contributed by atoms with Crippen molar-refractivity contribution in [1.82, 2.24) is 0 Å². The summed E-state index contributed by atoms with van der Waals surface area (Å²) in [6, 6.07) is 11.9. The predicted molar refractivity (Wildman–Crippen MR) is 131 cm³/mol. The van der Waals surface area contributed by atoms with Crippen molar-refractivity contribution in [2.75, 3.05) is 10.6 Å². The van der Waals surface area contributed by atoms with Gasteiger partial charge in [0.15, 0.2) is 0 Å². The van der Waals surface area contributed by atoms with Crippen molar-refractivity contribution in [2.45, 2.75) is 17.2 Å². The van der Waals surface area contributed by atoms with E-state index < -0.39 is 39.6 Å². The number of hydrogen-bond donors (Lipinski definition) is 2. The van der Waals surface area contributed by atoms with Gasteiger partial charge in [0.2, 0.25) is 5.91 Å². The average Bonchev–Trinajstić information content (AvgIpc) is 3.36. The van der Waals surface area contributed by atoms with Crippen molar-refractivity contribution < 1.29 is 18.4 Å². The third-order valence-corrected chi connectivity index (χ3v) is 7.35. The smallest absolute Gasteiger partial charge is 0.258 e. The highest BCUT2D eigenvalue weighted by Gasteiger charge is 2.67. The van der Waals surface area contributed by atoms with Gasteiger partial charge in [-0.3, -0.25) is 9.59 Å². The highest BCUT2D eigenvalue weighted by molar-refractivity contribution is 6.53. The lowest BCUT2D eigenvalue weighted by Gasteiger charge is -2.10. The molecule has 2 N–H and O–H groups in total. The Hall–Kier alpha value is -2.38. The Morgan fingerprint density at radius 2 is 1.56 bits per heavy atom. The second-order valence-electron chi connectivity index (χ2n) is 7.91. The van der Waals surface area contributed by atoms with E-state index in [1.54, 1.807) is 19.1 Å². The summed E-state index contributed by atoms with van der Waals surface area (Å²) in [5.74, 6) is -3.88. The molecule has 0 saturated heterocycles. The molecule has 2 atom stereocenters. The molecule has 0 aliphatic heterocycles. The van der Waals surface area contributed by atoms with Crippen LogP contribution in [-0.4, -0.2) is 16.1 Å². The molecule has 1 aliphatic carbocycles. The maximum Gasteiger partial charge on any atom is 0.258 e. The SMILES string of the molecule is Cc1cc(C2C(C(=O)Nc3ccc(F)c(C(=O)Nc4ccc(F)cc4)c3)C2(Cl)Cl)cc(Cl)c1Cl. The van der Waals surface area contributed by atoms with Crippen LogP contribution in [-0.2, 0) is 4.79 Å². The van der Waals surface area contributed by atoms with Crippen LogP contribution in [0.25, 0.3) is 0 Å². The lowest BCUT2D eigenvalue weighted by atomic mass is 10.1. The molecule has 1 fully saturated rings. The number of hydrogen-bond acceptors (Lipinski definition) is 2. The number of nitrogens with one attached hydrogen (secondary N) is 2. The van der Waals surface area contributed by atoms with Gasteiger partial charge in [-0.15, -0.1) is 23.2 Å². The van der Waals surface area contributed by atoms with Gasteiger partial charge in [-0.2, -0.15) is 0 Å². The van der Waals surface area contributed by atoms with Crippen molar-refractivity contribution in [3.05, 3.63) is 93.0 Å². The molecule has 0 heterocycles. The van der Waals surface area contributed by atoms with Crippen molar-refractivity contribution in [1.29, 1.82) is 0 Å². The summed E-state index contributed by atoms with van der Waals surface area (Å²) in [6.45, 7) is 1.77. The standard InChI is InChI=1S/C24H16Cl4F2N2O2/c1-11-8-12(9-17(25)21(11)26)19-20(24(19,27)28)23(34)32-15-6-7-18(30)16(10-15)22(33)31-14-4-2-13(29)3-5-14/h2-10,19-20H,1H3,(H,31,33)(H,32,34). The summed E-state index contributed by atoms with van der Waals surface area (Å²) in [5, 5.41) is 5.83. The van der Waals surface area contributed by atoms with E-state index in [4.69, 9.17) is 46.4 Å². The fourth-order valence-corrected chi connectivity index (χ4v) is 4.94. The molecule has 34 heavy (non-hydrogen) atoms. The van der Waals surface area contributed by atoms with Crippen molar-refractivity contribution in [3.63, 3.8) is 0 Å². The van der Waals surface area contributed by atoms with Crippen LogP contribution < -0.4 is 10.6 Å². The van der Waals surface area contributed by atoms with E-state index in [9.17, 15) is 18.4 Å². The van der Waals surface area contributed by atoms with Crippen LogP contribution in [0.2, 0.25) is 10.0 Å². The maximum atomic E-state index is 14.3. The zero-order valence-electron chi connectivity index (χ0n) is 17.4. The minimum absolute atomic E-state index is 0.177. The second-order valence-corrected chi connectivity index (χ2v) is 10.1. The first kappa shape index (κ1) is 24.7. The fourth-order valence-electron chi connectivity index (χ4n) is 3.73.